The fourth-order valence-corrected chi connectivity index (χ4v) is 5.11. The van der Waals surface area contributed by atoms with Gasteiger partial charge in [0.05, 0.1) is 28.5 Å². The van der Waals surface area contributed by atoms with E-state index in [-0.39, 0.29) is 35.9 Å². The highest BCUT2D eigenvalue weighted by Gasteiger charge is 2.32. The van der Waals surface area contributed by atoms with Gasteiger partial charge >= 0.3 is 5.69 Å². The van der Waals surface area contributed by atoms with Crippen molar-refractivity contribution >= 4 is 46.0 Å². The van der Waals surface area contributed by atoms with E-state index in [9.17, 15) is 14.4 Å². The predicted molar refractivity (Wildman–Crippen MR) is 136 cm³/mol. The van der Waals surface area contributed by atoms with Crippen molar-refractivity contribution in [2.75, 3.05) is 22.6 Å². The molecule has 1 N–H and O–H groups in total. The van der Waals surface area contributed by atoms with Gasteiger partial charge in [-0.15, -0.1) is 10.2 Å². The number of carbonyl (C=O) groups is 2. The van der Waals surface area contributed by atoms with Crippen LogP contribution in [0.1, 0.15) is 18.8 Å². The molecule has 12 heteroatoms. The van der Waals surface area contributed by atoms with E-state index in [1.165, 1.54) is 11.8 Å². The highest BCUT2D eigenvalue weighted by atomic mass is 32.2. The van der Waals surface area contributed by atoms with Crippen LogP contribution in [0.5, 0.6) is 5.75 Å². The van der Waals surface area contributed by atoms with Crippen molar-refractivity contribution in [3.8, 4) is 5.75 Å². The molecule has 0 saturated heterocycles. The third-order valence-electron chi connectivity index (χ3n) is 6.26. The molecule has 0 spiro atoms. The number of nitrogens with one attached hydrogen (secondary N) is 1. The van der Waals surface area contributed by atoms with Crippen molar-refractivity contribution in [2.24, 2.45) is 21.1 Å². The minimum Gasteiger partial charge on any atom is -0.482 e. The molecular weight excluding hydrogens is 482 g/mol. The smallest absolute Gasteiger partial charge is 0.328 e. The number of benzene rings is 2. The van der Waals surface area contributed by atoms with Gasteiger partial charge < -0.3 is 14.6 Å². The molecule has 4 aromatic rings. The molecule has 0 fully saturated rings. The monoisotopic (exact) mass is 507 g/mol. The van der Waals surface area contributed by atoms with E-state index in [0.29, 0.717) is 28.1 Å². The van der Waals surface area contributed by atoms with Crippen LogP contribution in [0.2, 0.25) is 0 Å². The lowest BCUT2D eigenvalue weighted by molar-refractivity contribution is -0.121. The maximum atomic E-state index is 12.7. The highest BCUT2D eigenvalue weighted by molar-refractivity contribution is 7.99. The Hall–Kier alpha value is -4.06. The number of aromatic nitrogens is 5. The Morgan fingerprint density at radius 2 is 1.81 bits per heavy atom. The van der Waals surface area contributed by atoms with Crippen molar-refractivity contribution in [1.29, 1.82) is 0 Å². The molecule has 1 aliphatic heterocycles. The van der Waals surface area contributed by atoms with Crippen LogP contribution < -0.4 is 20.6 Å². The van der Waals surface area contributed by atoms with Crippen LogP contribution in [0.3, 0.4) is 0 Å². The molecule has 0 bridgehead atoms. The Morgan fingerprint density at radius 1 is 1.06 bits per heavy atom. The van der Waals surface area contributed by atoms with Crippen molar-refractivity contribution in [1.82, 2.24) is 23.9 Å². The van der Waals surface area contributed by atoms with Gasteiger partial charge in [-0.3, -0.25) is 23.6 Å². The van der Waals surface area contributed by atoms with Crippen LogP contribution in [0.4, 0.5) is 11.4 Å². The second-order valence-electron chi connectivity index (χ2n) is 8.54. The molecule has 0 unspecified atom stereocenters. The van der Waals surface area contributed by atoms with E-state index in [1.807, 2.05) is 38.2 Å². The number of amides is 2. The van der Waals surface area contributed by atoms with Gasteiger partial charge in [-0.1, -0.05) is 23.9 Å². The summed E-state index contributed by atoms with van der Waals surface area (Å²) in [6.45, 7) is 1.85. The Balaban J connectivity index is 1.28. The Morgan fingerprint density at radius 3 is 2.61 bits per heavy atom. The third kappa shape index (κ3) is 4.02. The van der Waals surface area contributed by atoms with Gasteiger partial charge in [-0.2, -0.15) is 0 Å². The van der Waals surface area contributed by atoms with Crippen LogP contribution in [-0.2, 0) is 30.7 Å². The van der Waals surface area contributed by atoms with E-state index in [0.717, 1.165) is 11.0 Å². The molecule has 0 saturated carbocycles. The maximum Gasteiger partial charge on any atom is 0.328 e. The van der Waals surface area contributed by atoms with E-state index >= 15 is 0 Å². The number of rotatable bonds is 6. The number of carbonyl (C=O) groups excluding carboxylic acids is 2. The first-order valence-corrected chi connectivity index (χ1v) is 12.3. The van der Waals surface area contributed by atoms with Crippen LogP contribution in [0.15, 0.2) is 52.4 Å². The average molecular weight is 508 g/mol. The quantitative estimate of drug-likeness (QED) is 0.398. The van der Waals surface area contributed by atoms with Crippen LogP contribution in [0, 0.1) is 0 Å². The van der Waals surface area contributed by atoms with Crippen LogP contribution in [-0.4, -0.2) is 48.1 Å². The first kappa shape index (κ1) is 23.7. The maximum absolute atomic E-state index is 12.7. The van der Waals surface area contributed by atoms with E-state index in [2.05, 4.69) is 15.5 Å². The molecule has 36 heavy (non-hydrogen) atoms. The van der Waals surface area contributed by atoms with Gasteiger partial charge in [-0.25, -0.2) is 4.79 Å². The molecule has 2 aromatic carbocycles. The molecule has 0 radical (unpaired) electrons. The number of hydrogen-bond acceptors (Lipinski definition) is 7. The fraction of sp³-hybridized carbons (Fsp3) is 0.292. The van der Waals surface area contributed by atoms with Gasteiger partial charge in [0.25, 0.3) is 5.91 Å². The number of para-hydroxylation sites is 2. The molecule has 1 aliphatic rings. The molecule has 3 heterocycles. The zero-order valence-corrected chi connectivity index (χ0v) is 21.1. The summed E-state index contributed by atoms with van der Waals surface area (Å²) in [5.41, 5.74) is 2.69. The summed E-state index contributed by atoms with van der Waals surface area (Å²) in [4.78, 5) is 39.1. The lowest BCUT2D eigenvalue weighted by atomic mass is 10.1. The van der Waals surface area contributed by atoms with E-state index in [1.54, 1.807) is 50.9 Å². The summed E-state index contributed by atoms with van der Waals surface area (Å²) >= 11 is 1.25. The van der Waals surface area contributed by atoms with Gasteiger partial charge in [-0.05, 0) is 37.3 Å². The Labute approximate surface area is 210 Å². The number of fused-ring (bicyclic) bond motifs is 2. The first-order chi connectivity index (χ1) is 17.3. The Bertz CT molecular complexity index is 1550. The molecule has 11 nitrogen and oxygen atoms in total. The fourth-order valence-electron chi connectivity index (χ4n) is 4.39. The topological polar surface area (TPSA) is 116 Å². The normalized spacial score (nSPS) is 14.0. The number of nitrogens with zero attached hydrogens (tertiary/aromatic N) is 6. The predicted octanol–water partition coefficient (Wildman–Crippen LogP) is 2.22. The lowest BCUT2D eigenvalue weighted by Gasteiger charge is -2.33. The largest absolute Gasteiger partial charge is 0.482 e. The van der Waals surface area contributed by atoms with Gasteiger partial charge in [0, 0.05) is 26.8 Å². The number of hydrogen-bond donors (Lipinski definition) is 1. The molecule has 2 amide bonds. The van der Waals surface area contributed by atoms with Crippen molar-refractivity contribution in [3.05, 3.63) is 58.8 Å². The minimum absolute atomic E-state index is 0.0378. The molecule has 1 atom stereocenters. The summed E-state index contributed by atoms with van der Waals surface area (Å²) in [5.74, 6) is 0.983. The van der Waals surface area contributed by atoms with Crippen molar-refractivity contribution < 1.29 is 14.3 Å². The molecule has 186 valence electrons. The first-order valence-electron chi connectivity index (χ1n) is 11.3. The highest BCUT2D eigenvalue weighted by Crippen LogP contribution is 2.37. The average Bonchev–Trinajstić information content (AvgIpc) is 3.34. The van der Waals surface area contributed by atoms with Crippen LogP contribution in [0.25, 0.3) is 11.0 Å². The van der Waals surface area contributed by atoms with Crippen molar-refractivity contribution in [3.63, 3.8) is 0 Å². The van der Waals surface area contributed by atoms with Crippen LogP contribution >= 0.6 is 11.8 Å². The van der Waals surface area contributed by atoms with Gasteiger partial charge in [0.2, 0.25) is 5.91 Å². The lowest BCUT2D eigenvalue weighted by Crippen LogP contribution is -2.41. The molecule has 5 rings (SSSR count). The number of aryl methyl sites for hydroxylation is 2. The number of thioether (sulfide) groups is 1. The summed E-state index contributed by atoms with van der Waals surface area (Å²) < 4.78 is 10.4. The second-order valence-corrected chi connectivity index (χ2v) is 9.48. The van der Waals surface area contributed by atoms with Gasteiger partial charge in [0.1, 0.15) is 5.75 Å². The minimum atomic E-state index is -0.382. The summed E-state index contributed by atoms with van der Waals surface area (Å²) in [7, 11) is 5.22. The zero-order chi connectivity index (χ0) is 25.6. The number of ether oxygens (including phenoxy) is 1. The second kappa shape index (κ2) is 9.19. The standard InChI is InChI=1S/C24H25N7O4S/c1-14(31-17-7-5-6-8-19(17)35-12-21(31)33)22-26-27-23(30(22)4)36-13-20(32)25-15-9-10-16-18(11-15)29(3)24(34)28(16)2/h5-11,14H,12-13H2,1-4H3,(H,25,32)/t14-/m0/s1. The molecule has 2 aromatic heterocycles. The van der Waals surface area contributed by atoms with Gasteiger partial charge in [0.15, 0.2) is 17.6 Å². The third-order valence-corrected chi connectivity index (χ3v) is 7.28. The summed E-state index contributed by atoms with van der Waals surface area (Å²) in [6.07, 6.45) is 0. The van der Waals surface area contributed by atoms with E-state index < -0.39 is 0 Å². The summed E-state index contributed by atoms with van der Waals surface area (Å²) in [5, 5.41) is 12.0. The van der Waals surface area contributed by atoms with Crippen molar-refractivity contribution in [2.45, 2.75) is 18.1 Å². The van der Waals surface area contributed by atoms with E-state index in [4.69, 9.17) is 4.74 Å². The number of imidazole rings is 1. The Kier molecular flexibility index (Phi) is 6.04. The zero-order valence-electron chi connectivity index (χ0n) is 20.3. The summed E-state index contributed by atoms with van der Waals surface area (Å²) in [6, 6.07) is 12.3. The SMILES string of the molecule is C[C@@H](c1nnc(SCC(=O)Nc2ccc3c(c2)n(C)c(=O)n3C)n1C)N1C(=O)COc2ccccc21. The molecular formula is C24H25N7O4S. The number of anilines is 2. The molecule has 0 aliphatic carbocycles.